The Morgan fingerprint density at radius 3 is 2.36 bits per heavy atom. The molecule has 1 aliphatic carbocycles. The number of carboxylic acids is 1. The van der Waals surface area contributed by atoms with Crippen LogP contribution >= 0.6 is 0 Å². The average molecular weight is 196 g/mol. The minimum Gasteiger partial charge on any atom is -0.478 e. The van der Waals surface area contributed by atoms with Crippen LogP contribution in [-0.4, -0.2) is 11.1 Å². The van der Waals surface area contributed by atoms with E-state index in [0.717, 1.165) is 6.42 Å². The summed E-state index contributed by atoms with van der Waals surface area (Å²) in [5.74, 6) is -0.187. The Kier molecular flexibility index (Phi) is 2.75. The van der Waals surface area contributed by atoms with E-state index in [1.54, 1.807) is 0 Å². The number of hydrogen-bond acceptors (Lipinski definition) is 1. The van der Waals surface area contributed by atoms with Crippen LogP contribution in [0.3, 0.4) is 0 Å². The van der Waals surface area contributed by atoms with E-state index in [9.17, 15) is 4.79 Å². The maximum Gasteiger partial charge on any atom is 0.327 e. The lowest BCUT2D eigenvalue weighted by Crippen LogP contribution is -2.31. The molecular formula is C12H20O2. The molecule has 0 radical (unpaired) electrons. The minimum absolute atomic E-state index is 0.0325. The first-order valence-corrected chi connectivity index (χ1v) is 5.22. The minimum atomic E-state index is -0.846. The Hall–Kier alpha value is -0.790. The molecule has 1 rings (SSSR count). The largest absolute Gasteiger partial charge is 0.478 e. The van der Waals surface area contributed by atoms with E-state index in [0.29, 0.717) is 5.92 Å². The van der Waals surface area contributed by atoms with Crippen molar-refractivity contribution in [1.29, 1.82) is 0 Å². The Labute approximate surface area is 86.0 Å². The van der Waals surface area contributed by atoms with Crippen molar-refractivity contribution in [3.05, 3.63) is 12.2 Å². The SMILES string of the molecule is CC1CCC(C)(/C=C/C(=O)O)C1(C)C. The van der Waals surface area contributed by atoms with Crippen molar-refractivity contribution < 1.29 is 9.90 Å². The average Bonchev–Trinajstić information content (AvgIpc) is 2.27. The molecule has 0 bridgehead atoms. The van der Waals surface area contributed by atoms with Gasteiger partial charge in [-0.2, -0.15) is 0 Å². The molecule has 2 nitrogen and oxygen atoms in total. The normalized spacial score (nSPS) is 36.4. The third kappa shape index (κ3) is 1.70. The van der Waals surface area contributed by atoms with E-state index < -0.39 is 5.97 Å². The van der Waals surface area contributed by atoms with Gasteiger partial charge >= 0.3 is 5.97 Å². The highest BCUT2D eigenvalue weighted by Gasteiger charge is 2.47. The van der Waals surface area contributed by atoms with E-state index in [2.05, 4.69) is 27.7 Å². The molecule has 1 N–H and O–H groups in total. The van der Waals surface area contributed by atoms with E-state index in [-0.39, 0.29) is 10.8 Å². The summed E-state index contributed by atoms with van der Waals surface area (Å²) in [6.07, 6.45) is 5.44. The van der Waals surface area contributed by atoms with Crippen LogP contribution in [0.4, 0.5) is 0 Å². The predicted molar refractivity (Wildman–Crippen MR) is 57.1 cm³/mol. The summed E-state index contributed by atoms with van der Waals surface area (Å²) >= 11 is 0. The Morgan fingerprint density at radius 1 is 1.43 bits per heavy atom. The van der Waals surface area contributed by atoms with Crippen molar-refractivity contribution >= 4 is 5.97 Å². The molecule has 0 aliphatic heterocycles. The Bertz CT molecular complexity index is 265. The van der Waals surface area contributed by atoms with Gasteiger partial charge in [0.2, 0.25) is 0 Å². The standard InChI is InChI=1S/C12H20O2/c1-9-5-7-12(4,11(9,2)3)8-6-10(13)14/h6,8-9H,5,7H2,1-4H3,(H,13,14)/b8-6+. The van der Waals surface area contributed by atoms with Gasteiger partial charge in [0.1, 0.15) is 0 Å². The van der Waals surface area contributed by atoms with Gasteiger partial charge in [0.05, 0.1) is 0 Å². The lowest BCUT2D eigenvalue weighted by atomic mass is 9.66. The number of carbonyl (C=O) groups is 1. The maximum atomic E-state index is 10.5. The zero-order chi connectivity index (χ0) is 11.0. The monoisotopic (exact) mass is 196 g/mol. The molecule has 0 saturated heterocycles. The van der Waals surface area contributed by atoms with Gasteiger partial charge in [-0.15, -0.1) is 0 Å². The lowest BCUT2D eigenvalue weighted by molar-refractivity contribution is -0.131. The van der Waals surface area contributed by atoms with Crippen molar-refractivity contribution in [1.82, 2.24) is 0 Å². The summed E-state index contributed by atoms with van der Waals surface area (Å²) in [5.41, 5.74) is 0.226. The molecule has 2 atom stereocenters. The summed E-state index contributed by atoms with van der Waals surface area (Å²) in [7, 11) is 0. The first-order chi connectivity index (χ1) is 6.29. The molecule has 14 heavy (non-hydrogen) atoms. The van der Waals surface area contributed by atoms with Gasteiger partial charge in [-0.1, -0.05) is 33.8 Å². The number of rotatable bonds is 2. The molecule has 1 saturated carbocycles. The highest BCUT2D eigenvalue weighted by molar-refractivity contribution is 5.79. The second-order valence-electron chi connectivity index (χ2n) is 5.25. The molecule has 1 aliphatic rings. The number of carboxylic acid groups (broad SMARTS) is 1. The molecular weight excluding hydrogens is 176 g/mol. The fourth-order valence-electron chi connectivity index (χ4n) is 2.32. The molecule has 80 valence electrons. The molecule has 0 aromatic heterocycles. The molecule has 0 heterocycles. The third-order valence-electron chi connectivity index (χ3n) is 4.39. The van der Waals surface area contributed by atoms with Crippen molar-refractivity contribution in [3.63, 3.8) is 0 Å². The smallest absolute Gasteiger partial charge is 0.327 e. The van der Waals surface area contributed by atoms with Crippen LogP contribution in [0.15, 0.2) is 12.2 Å². The summed E-state index contributed by atoms with van der Waals surface area (Å²) in [6.45, 7) is 8.88. The van der Waals surface area contributed by atoms with Crippen LogP contribution in [0.1, 0.15) is 40.5 Å². The third-order valence-corrected chi connectivity index (χ3v) is 4.39. The van der Waals surface area contributed by atoms with E-state index in [1.165, 1.54) is 12.5 Å². The van der Waals surface area contributed by atoms with Crippen molar-refractivity contribution in [2.24, 2.45) is 16.7 Å². The molecule has 0 aromatic carbocycles. The van der Waals surface area contributed by atoms with Gasteiger partial charge in [0.25, 0.3) is 0 Å². The van der Waals surface area contributed by atoms with Crippen LogP contribution < -0.4 is 0 Å². The van der Waals surface area contributed by atoms with Crippen LogP contribution in [0, 0.1) is 16.7 Å². The van der Waals surface area contributed by atoms with Gasteiger partial charge in [0, 0.05) is 6.08 Å². The van der Waals surface area contributed by atoms with Crippen LogP contribution in [0.2, 0.25) is 0 Å². The summed E-state index contributed by atoms with van der Waals surface area (Å²) in [4.78, 5) is 10.5. The van der Waals surface area contributed by atoms with Gasteiger partial charge in [0.15, 0.2) is 0 Å². The summed E-state index contributed by atoms with van der Waals surface area (Å²) < 4.78 is 0. The van der Waals surface area contributed by atoms with Crippen LogP contribution in [0.25, 0.3) is 0 Å². The fourth-order valence-corrected chi connectivity index (χ4v) is 2.32. The molecule has 0 aromatic rings. The zero-order valence-electron chi connectivity index (χ0n) is 9.50. The second-order valence-corrected chi connectivity index (χ2v) is 5.25. The Balaban J connectivity index is 2.90. The lowest BCUT2D eigenvalue weighted by Gasteiger charge is -2.38. The molecule has 0 amide bonds. The first-order valence-electron chi connectivity index (χ1n) is 5.22. The fraction of sp³-hybridized carbons (Fsp3) is 0.750. The van der Waals surface area contributed by atoms with Crippen molar-refractivity contribution in [2.75, 3.05) is 0 Å². The van der Waals surface area contributed by atoms with Gasteiger partial charge < -0.3 is 5.11 Å². The maximum absolute atomic E-state index is 10.5. The number of allylic oxidation sites excluding steroid dienone is 1. The van der Waals surface area contributed by atoms with E-state index in [4.69, 9.17) is 5.11 Å². The highest BCUT2D eigenvalue weighted by atomic mass is 16.4. The quantitative estimate of drug-likeness (QED) is 0.689. The molecule has 0 spiro atoms. The molecule has 1 fully saturated rings. The van der Waals surface area contributed by atoms with Crippen LogP contribution in [0.5, 0.6) is 0 Å². The van der Waals surface area contributed by atoms with Gasteiger partial charge in [-0.25, -0.2) is 4.79 Å². The summed E-state index contributed by atoms with van der Waals surface area (Å²) in [6, 6.07) is 0. The van der Waals surface area contributed by atoms with E-state index in [1.807, 2.05) is 6.08 Å². The predicted octanol–water partition coefficient (Wildman–Crippen LogP) is 3.09. The van der Waals surface area contributed by atoms with Crippen LogP contribution in [-0.2, 0) is 4.79 Å². The molecule has 2 unspecified atom stereocenters. The molecule has 2 heteroatoms. The van der Waals surface area contributed by atoms with Crippen molar-refractivity contribution in [3.8, 4) is 0 Å². The Morgan fingerprint density at radius 2 is 2.00 bits per heavy atom. The first kappa shape index (κ1) is 11.3. The summed E-state index contributed by atoms with van der Waals surface area (Å²) in [5, 5.41) is 8.64. The second kappa shape index (κ2) is 3.41. The van der Waals surface area contributed by atoms with Gasteiger partial charge in [-0.05, 0) is 29.6 Å². The number of hydrogen-bond donors (Lipinski definition) is 1. The van der Waals surface area contributed by atoms with Gasteiger partial charge in [-0.3, -0.25) is 0 Å². The number of aliphatic carboxylic acids is 1. The van der Waals surface area contributed by atoms with E-state index >= 15 is 0 Å². The highest BCUT2D eigenvalue weighted by Crippen LogP contribution is 2.56. The van der Waals surface area contributed by atoms with Crippen molar-refractivity contribution in [2.45, 2.75) is 40.5 Å². The topological polar surface area (TPSA) is 37.3 Å². The zero-order valence-corrected chi connectivity index (χ0v) is 9.50.